The summed E-state index contributed by atoms with van der Waals surface area (Å²) in [6.45, 7) is 7.85. The molecule has 146 valence electrons. The molecule has 6 heteroatoms. The molecule has 0 saturated carbocycles. The van der Waals surface area contributed by atoms with E-state index in [2.05, 4.69) is 30.9 Å². The summed E-state index contributed by atoms with van der Waals surface area (Å²) in [6.07, 6.45) is 1.99. The molecule has 0 spiro atoms. The third kappa shape index (κ3) is 6.18. The van der Waals surface area contributed by atoms with Gasteiger partial charge in [0.25, 0.3) is 0 Å². The first-order valence-corrected chi connectivity index (χ1v) is 9.33. The molecule has 1 aliphatic heterocycles. The Hall–Kier alpha value is -1.79. The van der Waals surface area contributed by atoms with E-state index in [0.717, 1.165) is 44.0 Å². The van der Waals surface area contributed by atoms with Gasteiger partial charge in [0, 0.05) is 12.6 Å². The third-order valence-corrected chi connectivity index (χ3v) is 4.77. The normalized spacial score (nSPS) is 16.2. The highest BCUT2D eigenvalue weighted by atomic mass is 16.5. The lowest BCUT2D eigenvalue weighted by Crippen LogP contribution is -2.44. The van der Waals surface area contributed by atoms with E-state index in [1.54, 1.807) is 7.11 Å². The van der Waals surface area contributed by atoms with Crippen LogP contribution in [0, 0.1) is 5.92 Å². The average molecular weight is 364 g/mol. The van der Waals surface area contributed by atoms with Crippen LogP contribution in [-0.4, -0.2) is 67.3 Å². The van der Waals surface area contributed by atoms with E-state index in [1.807, 2.05) is 18.0 Å². The molecule has 1 N–H and O–H groups in total. The first-order valence-electron chi connectivity index (χ1n) is 9.33. The van der Waals surface area contributed by atoms with Crippen LogP contribution in [0.5, 0.6) is 11.5 Å². The molecule has 0 aromatic heterocycles. The summed E-state index contributed by atoms with van der Waals surface area (Å²) < 4.78 is 11.3. The maximum Gasteiger partial charge on any atom is 0.317 e. The number of rotatable bonds is 9. The Labute approximate surface area is 156 Å². The Bertz CT molecular complexity index is 583. The van der Waals surface area contributed by atoms with E-state index < -0.39 is 5.97 Å². The van der Waals surface area contributed by atoms with E-state index in [1.165, 1.54) is 5.56 Å². The number of ether oxygens (including phenoxy) is 2. The number of carboxylic acids is 1. The van der Waals surface area contributed by atoms with Gasteiger partial charge >= 0.3 is 5.97 Å². The highest BCUT2D eigenvalue weighted by molar-refractivity contribution is 5.69. The lowest BCUT2D eigenvalue weighted by molar-refractivity contribution is -0.138. The molecule has 1 heterocycles. The van der Waals surface area contributed by atoms with Crippen molar-refractivity contribution < 1.29 is 19.4 Å². The molecule has 1 aromatic carbocycles. The van der Waals surface area contributed by atoms with Crippen molar-refractivity contribution in [3.8, 4) is 11.5 Å². The number of benzene rings is 1. The minimum Gasteiger partial charge on any atom is -0.493 e. The number of nitrogens with zero attached hydrogens (tertiary/aromatic N) is 2. The molecule has 1 saturated heterocycles. The highest BCUT2D eigenvalue weighted by Crippen LogP contribution is 2.29. The molecule has 0 aliphatic carbocycles. The van der Waals surface area contributed by atoms with Crippen molar-refractivity contribution in [2.75, 3.05) is 40.4 Å². The van der Waals surface area contributed by atoms with Crippen molar-refractivity contribution in [1.82, 2.24) is 9.80 Å². The van der Waals surface area contributed by atoms with E-state index in [4.69, 9.17) is 14.6 Å². The van der Waals surface area contributed by atoms with Gasteiger partial charge in [0.2, 0.25) is 0 Å². The predicted molar refractivity (Wildman–Crippen MR) is 102 cm³/mol. The van der Waals surface area contributed by atoms with Gasteiger partial charge in [-0.15, -0.1) is 0 Å². The molecule has 26 heavy (non-hydrogen) atoms. The monoisotopic (exact) mass is 364 g/mol. The minimum atomic E-state index is -0.762. The van der Waals surface area contributed by atoms with Crippen LogP contribution in [0.3, 0.4) is 0 Å². The molecule has 1 aromatic rings. The van der Waals surface area contributed by atoms with Crippen LogP contribution >= 0.6 is 0 Å². The summed E-state index contributed by atoms with van der Waals surface area (Å²) in [4.78, 5) is 15.2. The topological polar surface area (TPSA) is 62.2 Å². The number of hydrogen-bond donors (Lipinski definition) is 1. The lowest BCUT2D eigenvalue weighted by Gasteiger charge is -2.36. The van der Waals surface area contributed by atoms with Crippen LogP contribution in [0.1, 0.15) is 32.3 Å². The van der Waals surface area contributed by atoms with Crippen molar-refractivity contribution in [2.45, 2.75) is 39.3 Å². The molecular weight excluding hydrogens is 332 g/mol. The fourth-order valence-corrected chi connectivity index (χ4v) is 3.31. The van der Waals surface area contributed by atoms with Crippen LogP contribution in [0.15, 0.2) is 18.2 Å². The third-order valence-electron chi connectivity index (χ3n) is 4.77. The molecule has 2 rings (SSSR count). The zero-order chi connectivity index (χ0) is 19.1. The van der Waals surface area contributed by atoms with Crippen LogP contribution < -0.4 is 9.47 Å². The van der Waals surface area contributed by atoms with Crippen LogP contribution in [0.2, 0.25) is 0 Å². The first kappa shape index (κ1) is 20.5. The quantitative estimate of drug-likeness (QED) is 0.727. The number of likely N-dealkylation sites (N-methyl/N-ethyl adjacent to an activating group) is 1. The van der Waals surface area contributed by atoms with E-state index in [9.17, 15) is 4.79 Å². The highest BCUT2D eigenvalue weighted by Gasteiger charge is 2.23. The molecule has 0 unspecified atom stereocenters. The summed E-state index contributed by atoms with van der Waals surface area (Å²) in [7, 11) is 3.56. The van der Waals surface area contributed by atoms with Crippen molar-refractivity contribution >= 4 is 5.97 Å². The predicted octanol–water partition coefficient (Wildman–Crippen LogP) is 2.71. The van der Waals surface area contributed by atoms with E-state index in [-0.39, 0.29) is 6.54 Å². The zero-order valence-electron chi connectivity index (χ0n) is 16.4. The number of hydrogen-bond acceptors (Lipinski definition) is 5. The van der Waals surface area contributed by atoms with Gasteiger partial charge in [0.1, 0.15) is 0 Å². The Morgan fingerprint density at radius 2 is 2.00 bits per heavy atom. The van der Waals surface area contributed by atoms with Gasteiger partial charge in [-0.3, -0.25) is 14.6 Å². The largest absolute Gasteiger partial charge is 0.493 e. The lowest BCUT2D eigenvalue weighted by atomic mass is 10.0. The maximum atomic E-state index is 10.9. The molecular formula is C20H32N2O4. The van der Waals surface area contributed by atoms with Crippen LogP contribution in [0.4, 0.5) is 0 Å². The summed E-state index contributed by atoms with van der Waals surface area (Å²) in [5, 5.41) is 8.93. The summed E-state index contributed by atoms with van der Waals surface area (Å²) >= 11 is 0. The van der Waals surface area contributed by atoms with Crippen LogP contribution in [-0.2, 0) is 11.3 Å². The molecule has 0 radical (unpaired) electrons. The molecule has 0 atom stereocenters. The smallest absolute Gasteiger partial charge is 0.317 e. The van der Waals surface area contributed by atoms with Gasteiger partial charge < -0.3 is 14.6 Å². The molecule has 0 amide bonds. The minimum absolute atomic E-state index is 0.111. The Balaban J connectivity index is 1.91. The van der Waals surface area contributed by atoms with Gasteiger partial charge in [0.15, 0.2) is 11.5 Å². The van der Waals surface area contributed by atoms with Crippen molar-refractivity contribution in [3.05, 3.63) is 23.8 Å². The Morgan fingerprint density at radius 1 is 1.31 bits per heavy atom. The summed E-state index contributed by atoms with van der Waals surface area (Å²) in [5.41, 5.74) is 1.21. The second-order valence-corrected chi connectivity index (χ2v) is 7.51. The standard InChI is InChI=1S/C20H32N2O4/c1-15(2)14-26-19-11-16(5-6-18(19)25-4)12-22-9-7-17(8-10-22)21(3)13-20(23)24/h5-6,11,15,17H,7-10,12-14H2,1-4H3,(H,23,24). The van der Waals surface area contributed by atoms with Crippen molar-refractivity contribution in [3.63, 3.8) is 0 Å². The number of carboxylic acid groups (broad SMARTS) is 1. The number of aliphatic carboxylic acids is 1. The zero-order valence-corrected chi connectivity index (χ0v) is 16.4. The van der Waals surface area contributed by atoms with Gasteiger partial charge in [-0.2, -0.15) is 0 Å². The van der Waals surface area contributed by atoms with E-state index in [0.29, 0.717) is 18.6 Å². The van der Waals surface area contributed by atoms with E-state index >= 15 is 0 Å². The fourth-order valence-electron chi connectivity index (χ4n) is 3.31. The Kier molecular flexibility index (Phi) is 7.72. The van der Waals surface area contributed by atoms with Gasteiger partial charge in [-0.05, 0) is 56.6 Å². The molecule has 6 nitrogen and oxygen atoms in total. The molecule has 1 aliphatic rings. The van der Waals surface area contributed by atoms with Crippen molar-refractivity contribution in [1.29, 1.82) is 0 Å². The average Bonchev–Trinajstić information content (AvgIpc) is 2.60. The summed E-state index contributed by atoms with van der Waals surface area (Å²) in [5.74, 6) is 1.27. The van der Waals surface area contributed by atoms with Crippen LogP contribution in [0.25, 0.3) is 0 Å². The SMILES string of the molecule is COc1ccc(CN2CCC(N(C)CC(=O)O)CC2)cc1OCC(C)C. The maximum absolute atomic E-state index is 10.9. The fraction of sp³-hybridized carbons (Fsp3) is 0.650. The number of likely N-dealkylation sites (tertiary alicyclic amines) is 1. The summed E-state index contributed by atoms with van der Waals surface area (Å²) in [6, 6.07) is 6.48. The first-order chi connectivity index (χ1) is 12.4. The number of carbonyl (C=O) groups is 1. The number of piperidine rings is 1. The van der Waals surface area contributed by atoms with Crippen molar-refractivity contribution in [2.24, 2.45) is 5.92 Å². The van der Waals surface area contributed by atoms with Gasteiger partial charge in [0.05, 0.1) is 20.3 Å². The second kappa shape index (κ2) is 9.78. The molecule has 1 fully saturated rings. The Morgan fingerprint density at radius 3 is 2.58 bits per heavy atom. The number of methoxy groups -OCH3 is 1. The van der Waals surface area contributed by atoms with Gasteiger partial charge in [-0.1, -0.05) is 19.9 Å². The van der Waals surface area contributed by atoms with Gasteiger partial charge in [-0.25, -0.2) is 0 Å². The molecule has 0 bridgehead atoms. The second-order valence-electron chi connectivity index (χ2n) is 7.51.